The molecule has 4 heteroatoms. The lowest BCUT2D eigenvalue weighted by molar-refractivity contribution is 0.659. The third-order valence-corrected chi connectivity index (χ3v) is 4.49. The van der Waals surface area contributed by atoms with Crippen LogP contribution in [0.5, 0.6) is 0 Å². The van der Waals surface area contributed by atoms with E-state index in [2.05, 4.69) is 31.0 Å². The van der Waals surface area contributed by atoms with Gasteiger partial charge in [0.2, 0.25) is 0 Å². The van der Waals surface area contributed by atoms with Crippen LogP contribution in [0.1, 0.15) is 37.8 Å². The van der Waals surface area contributed by atoms with E-state index in [9.17, 15) is 0 Å². The normalized spacial score (nSPS) is 20.2. The zero-order valence-electron chi connectivity index (χ0n) is 11.1. The zero-order chi connectivity index (χ0) is 12.3. The fraction of sp³-hybridized carbons (Fsp3) is 0.769. The smallest absolute Gasteiger partial charge is 0.185 e. The second kappa shape index (κ2) is 5.83. The molecule has 17 heavy (non-hydrogen) atoms. The van der Waals surface area contributed by atoms with Gasteiger partial charge in [0.15, 0.2) is 5.13 Å². The molecule has 1 unspecified atom stereocenters. The molecule has 1 atom stereocenters. The van der Waals surface area contributed by atoms with Crippen molar-refractivity contribution in [2.45, 2.75) is 40.2 Å². The van der Waals surface area contributed by atoms with E-state index >= 15 is 0 Å². The van der Waals surface area contributed by atoms with Crippen molar-refractivity contribution in [3.63, 3.8) is 0 Å². The molecule has 0 bridgehead atoms. The fourth-order valence-corrected chi connectivity index (χ4v) is 3.42. The first-order valence-electron chi connectivity index (χ1n) is 6.68. The summed E-state index contributed by atoms with van der Waals surface area (Å²) in [5, 5.41) is 4.64. The van der Waals surface area contributed by atoms with Crippen LogP contribution >= 0.6 is 11.3 Å². The highest BCUT2D eigenvalue weighted by Gasteiger charge is 2.22. The summed E-state index contributed by atoms with van der Waals surface area (Å²) in [6.07, 6.45) is 2.35. The summed E-state index contributed by atoms with van der Waals surface area (Å²) in [4.78, 5) is 8.67. The number of nitrogens with zero attached hydrogens (tertiary/aromatic N) is 2. The average Bonchev–Trinajstić information content (AvgIpc) is 2.92. The van der Waals surface area contributed by atoms with Crippen molar-refractivity contribution in [3.05, 3.63) is 10.6 Å². The van der Waals surface area contributed by atoms with Crippen LogP contribution in [0, 0.1) is 5.92 Å². The number of thiazole rings is 1. The molecule has 0 amide bonds. The number of rotatable bonds is 5. The molecule has 1 aliphatic heterocycles. The van der Waals surface area contributed by atoms with Gasteiger partial charge in [-0.15, -0.1) is 11.3 Å². The first-order chi connectivity index (χ1) is 8.24. The van der Waals surface area contributed by atoms with Crippen LogP contribution in [0.15, 0.2) is 0 Å². The van der Waals surface area contributed by atoms with E-state index < -0.39 is 0 Å². The van der Waals surface area contributed by atoms with E-state index in [-0.39, 0.29) is 0 Å². The van der Waals surface area contributed by atoms with Gasteiger partial charge in [-0.1, -0.05) is 20.8 Å². The third-order valence-electron chi connectivity index (χ3n) is 3.33. The van der Waals surface area contributed by atoms with Gasteiger partial charge in [0.1, 0.15) is 0 Å². The summed E-state index contributed by atoms with van der Waals surface area (Å²) < 4.78 is 0. The maximum absolute atomic E-state index is 4.80. The fourth-order valence-electron chi connectivity index (χ4n) is 2.27. The molecule has 2 rings (SSSR count). The highest BCUT2D eigenvalue weighted by molar-refractivity contribution is 7.15. The Morgan fingerprint density at radius 3 is 2.88 bits per heavy atom. The molecule has 0 aromatic carbocycles. The molecule has 1 aliphatic rings. The van der Waals surface area contributed by atoms with Crippen LogP contribution in [-0.4, -0.2) is 24.6 Å². The van der Waals surface area contributed by atoms with Crippen molar-refractivity contribution in [1.29, 1.82) is 0 Å². The quantitative estimate of drug-likeness (QED) is 0.874. The standard InChI is InChI=1S/C13H23N3S/c1-4-11-12(8-14-5-2)17-13(15-11)16-7-6-10(3)9-16/h10,14H,4-9H2,1-3H3. The van der Waals surface area contributed by atoms with Crippen LogP contribution in [0.3, 0.4) is 0 Å². The van der Waals surface area contributed by atoms with Crippen molar-refractivity contribution in [2.24, 2.45) is 5.92 Å². The van der Waals surface area contributed by atoms with Crippen LogP contribution in [0.25, 0.3) is 0 Å². The Kier molecular flexibility index (Phi) is 4.40. The highest BCUT2D eigenvalue weighted by atomic mass is 32.1. The summed E-state index contributed by atoms with van der Waals surface area (Å²) in [5.74, 6) is 0.821. The molecule has 2 heterocycles. The number of hydrogen-bond acceptors (Lipinski definition) is 4. The van der Waals surface area contributed by atoms with Crippen LogP contribution in [0.2, 0.25) is 0 Å². The second-order valence-corrected chi connectivity index (χ2v) is 5.90. The zero-order valence-corrected chi connectivity index (χ0v) is 11.9. The Bertz CT molecular complexity index is 362. The van der Waals surface area contributed by atoms with E-state index in [1.165, 1.54) is 35.2 Å². The predicted octanol–water partition coefficient (Wildman–Crippen LogP) is 2.66. The minimum atomic E-state index is 0.821. The lowest BCUT2D eigenvalue weighted by atomic mass is 10.2. The monoisotopic (exact) mass is 253 g/mol. The van der Waals surface area contributed by atoms with Crippen molar-refractivity contribution in [2.75, 3.05) is 24.5 Å². The lowest BCUT2D eigenvalue weighted by Crippen LogP contribution is -2.18. The molecule has 0 spiro atoms. The van der Waals surface area contributed by atoms with Crippen molar-refractivity contribution in [3.8, 4) is 0 Å². The molecule has 1 saturated heterocycles. The summed E-state index contributed by atoms with van der Waals surface area (Å²) in [7, 11) is 0. The Balaban J connectivity index is 2.10. The average molecular weight is 253 g/mol. The van der Waals surface area contributed by atoms with Gasteiger partial charge in [-0.2, -0.15) is 0 Å². The van der Waals surface area contributed by atoms with Gasteiger partial charge in [0.05, 0.1) is 5.69 Å². The van der Waals surface area contributed by atoms with Crippen molar-refractivity contribution >= 4 is 16.5 Å². The lowest BCUT2D eigenvalue weighted by Gasteiger charge is -2.13. The van der Waals surface area contributed by atoms with E-state index in [1.807, 2.05) is 11.3 Å². The number of hydrogen-bond donors (Lipinski definition) is 1. The molecule has 1 aromatic rings. The molecular formula is C13H23N3S. The Hall–Kier alpha value is -0.610. The van der Waals surface area contributed by atoms with Gasteiger partial charge in [-0.05, 0) is 25.3 Å². The summed E-state index contributed by atoms with van der Waals surface area (Å²) in [6.45, 7) is 11.0. The Morgan fingerprint density at radius 2 is 2.29 bits per heavy atom. The first-order valence-corrected chi connectivity index (χ1v) is 7.50. The van der Waals surface area contributed by atoms with Crippen LogP contribution < -0.4 is 10.2 Å². The largest absolute Gasteiger partial charge is 0.348 e. The minimum Gasteiger partial charge on any atom is -0.348 e. The molecule has 96 valence electrons. The van der Waals surface area contributed by atoms with Gasteiger partial charge in [-0.3, -0.25) is 0 Å². The maximum atomic E-state index is 4.80. The number of anilines is 1. The van der Waals surface area contributed by atoms with Gasteiger partial charge < -0.3 is 10.2 Å². The van der Waals surface area contributed by atoms with Crippen LogP contribution in [0.4, 0.5) is 5.13 Å². The third kappa shape index (κ3) is 2.99. The van der Waals surface area contributed by atoms with E-state index in [4.69, 9.17) is 4.98 Å². The van der Waals surface area contributed by atoms with E-state index in [0.29, 0.717) is 0 Å². The summed E-state index contributed by atoms with van der Waals surface area (Å²) in [5.41, 5.74) is 1.28. The summed E-state index contributed by atoms with van der Waals surface area (Å²) >= 11 is 1.88. The van der Waals surface area contributed by atoms with Crippen LogP contribution in [-0.2, 0) is 13.0 Å². The van der Waals surface area contributed by atoms with Crippen molar-refractivity contribution in [1.82, 2.24) is 10.3 Å². The topological polar surface area (TPSA) is 28.2 Å². The molecular weight excluding hydrogens is 230 g/mol. The molecule has 0 saturated carbocycles. The predicted molar refractivity (Wildman–Crippen MR) is 74.9 cm³/mol. The molecule has 1 fully saturated rings. The Labute approximate surface area is 108 Å². The highest BCUT2D eigenvalue weighted by Crippen LogP contribution is 2.30. The maximum Gasteiger partial charge on any atom is 0.185 e. The summed E-state index contributed by atoms with van der Waals surface area (Å²) in [6, 6.07) is 0. The van der Waals surface area contributed by atoms with Gasteiger partial charge in [-0.25, -0.2) is 4.98 Å². The van der Waals surface area contributed by atoms with Gasteiger partial charge >= 0.3 is 0 Å². The van der Waals surface area contributed by atoms with Gasteiger partial charge in [0.25, 0.3) is 0 Å². The molecule has 0 radical (unpaired) electrons. The second-order valence-electron chi connectivity index (χ2n) is 4.84. The molecule has 3 nitrogen and oxygen atoms in total. The van der Waals surface area contributed by atoms with Gasteiger partial charge in [0, 0.05) is 24.5 Å². The minimum absolute atomic E-state index is 0.821. The van der Waals surface area contributed by atoms with E-state index in [0.717, 1.165) is 25.4 Å². The molecule has 1 aromatic heterocycles. The van der Waals surface area contributed by atoms with Crippen molar-refractivity contribution < 1.29 is 0 Å². The van der Waals surface area contributed by atoms with E-state index in [1.54, 1.807) is 0 Å². The SMILES string of the molecule is CCNCc1sc(N2CCC(C)C2)nc1CC. The Morgan fingerprint density at radius 1 is 1.47 bits per heavy atom. The number of aromatic nitrogens is 1. The molecule has 1 N–H and O–H groups in total. The molecule has 0 aliphatic carbocycles. The first kappa shape index (κ1) is 12.8. The number of aryl methyl sites for hydroxylation is 1. The number of nitrogens with one attached hydrogen (secondary N) is 1.